The van der Waals surface area contributed by atoms with Gasteiger partial charge in [0.1, 0.15) is 0 Å². The van der Waals surface area contributed by atoms with E-state index in [1.54, 1.807) is 19.2 Å². The van der Waals surface area contributed by atoms with Crippen molar-refractivity contribution in [2.45, 2.75) is 24.2 Å². The lowest BCUT2D eigenvalue weighted by Gasteiger charge is -2.18. The van der Waals surface area contributed by atoms with Crippen LogP contribution in [-0.4, -0.2) is 32.2 Å². The molecule has 0 unspecified atom stereocenters. The molecule has 0 bridgehead atoms. The highest BCUT2D eigenvalue weighted by atomic mass is 35.5. The first kappa shape index (κ1) is 16.3. The molecule has 3 nitrogen and oxygen atoms in total. The standard InChI is InChI=1S/C16H20ClNO2S/c1-18(13-6-2-5-12-17)21(19,20)16-11-7-9-14-8-3-4-10-15(14)16/h3-4,7-11H,2,5-6,12-13H2,1H3. The van der Waals surface area contributed by atoms with Crippen LogP contribution >= 0.6 is 11.6 Å². The zero-order valence-corrected chi connectivity index (χ0v) is 13.7. The molecule has 0 atom stereocenters. The van der Waals surface area contributed by atoms with E-state index in [9.17, 15) is 8.42 Å². The predicted molar refractivity (Wildman–Crippen MR) is 88.3 cm³/mol. The first-order valence-electron chi connectivity index (χ1n) is 7.07. The van der Waals surface area contributed by atoms with Crippen LogP contribution in [0.15, 0.2) is 47.4 Å². The van der Waals surface area contributed by atoms with Gasteiger partial charge in [-0.1, -0.05) is 42.8 Å². The Labute approximate surface area is 131 Å². The highest BCUT2D eigenvalue weighted by molar-refractivity contribution is 7.89. The normalized spacial score (nSPS) is 12.1. The minimum Gasteiger partial charge on any atom is -0.207 e. The number of unbranched alkanes of at least 4 members (excludes halogenated alkanes) is 2. The van der Waals surface area contributed by atoms with E-state index in [0.29, 0.717) is 17.3 Å². The van der Waals surface area contributed by atoms with E-state index < -0.39 is 10.0 Å². The van der Waals surface area contributed by atoms with Gasteiger partial charge in [0.15, 0.2) is 0 Å². The lowest BCUT2D eigenvalue weighted by atomic mass is 10.1. The minimum absolute atomic E-state index is 0.375. The Morgan fingerprint density at radius 2 is 1.71 bits per heavy atom. The van der Waals surface area contributed by atoms with Crippen molar-refractivity contribution in [1.82, 2.24) is 4.31 Å². The van der Waals surface area contributed by atoms with Crippen LogP contribution in [0.1, 0.15) is 19.3 Å². The minimum atomic E-state index is -3.45. The first-order valence-corrected chi connectivity index (χ1v) is 9.05. The van der Waals surface area contributed by atoms with Crippen molar-refractivity contribution in [3.8, 4) is 0 Å². The summed E-state index contributed by atoms with van der Waals surface area (Å²) in [7, 11) is -1.82. The first-order chi connectivity index (χ1) is 10.1. The molecule has 5 heteroatoms. The fourth-order valence-electron chi connectivity index (χ4n) is 2.31. The molecule has 0 aliphatic rings. The summed E-state index contributed by atoms with van der Waals surface area (Å²) in [5, 5.41) is 1.71. The Morgan fingerprint density at radius 3 is 2.48 bits per heavy atom. The number of hydrogen-bond donors (Lipinski definition) is 0. The molecule has 0 saturated carbocycles. The van der Waals surface area contributed by atoms with Gasteiger partial charge in [0.25, 0.3) is 0 Å². The summed E-state index contributed by atoms with van der Waals surface area (Å²) in [6.07, 6.45) is 2.69. The van der Waals surface area contributed by atoms with Crippen LogP contribution in [0.3, 0.4) is 0 Å². The summed E-state index contributed by atoms with van der Waals surface area (Å²) in [5.41, 5.74) is 0. The molecule has 0 N–H and O–H groups in total. The summed E-state index contributed by atoms with van der Waals surface area (Å²) >= 11 is 5.64. The van der Waals surface area contributed by atoms with E-state index in [4.69, 9.17) is 11.6 Å². The molecule has 0 amide bonds. The van der Waals surface area contributed by atoms with Gasteiger partial charge in [-0.25, -0.2) is 12.7 Å². The summed E-state index contributed by atoms with van der Waals surface area (Å²) in [4.78, 5) is 0.375. The van der Waals surface area contributed by atoms with E-state index in [-0.39, 0.29) is 0 Å². The fraction of sp³-hybridized carbons (Fsp3) is 0.375. The van der Waals surface area contributed by atoms with E-state index in [0.717, 1.165) is 30.0 Å². The van der Waals surface area contributed by atoms with Gasteiger partial charge < -0.3 is 0 Å². The van der Waals surface area contributed by atoms with Crippen LogP contribution in [0, 0.1) is 0 Å². The number of hydrogen-bond acceptors (Lipinski definition) is 2. The molecule has 2 aromatic rings. The number of alkyl halides is 1. The summed E-state index contributed by atoms with van der Waals surface area (Å²) < 4.78 is 26.9. The van der Waals surface area contributed by atoms with Crippen molar-refractivity contribution in [1.29, 1.82) is 0 Å². The SMILES string of the molecule is CN(CCCCCCl)S(=O)(=O)c1cccc2ccccc12. The number of sulfonamides is 1. The average Bonchev–Trinajstić information content (AvgIpc) is 2.50. The predicted octanol–water partition coefficient (Wildman–Crippen LogP) is 3.87. The summed E-state index contributed by atoms with van der Waals surface area (Å²) in [6, 6.07) is 12.9. The van der Waals surface area contributed by atoms with Gasteiger partial charge in [-0.05, 0) is 24.3 Å². The Balaban J connectivity index is 2.25. The van der Waals surface area contributed by atoms with Gasteiger partial charge in [-0.3, -0.25) is 0 Å². The Bertz CT molecular complexity index is 695. The van der Waals surface area contributed by atoms with Crippen LogP contribution in [0.5, 0.6) is 0 Å². The Morgan fingerprint density at radius 1 is 1.00 bits per heavy atom. The average molecular weight is 326 g/mol. The molecule has 21 heavy (non-hydrogen) atoms. The largest absolute Gasteiger partial charge is 0.243 e. The third-order valence-corrected chi connectivity index (χ3v) is 5.73. The lowest BCUT2D eigenvalue weighted by molar-refractivity contribution is 0.455. The third kappa shape index (κ3) is 3.76. The molecular formula is C16H20ClNO2S. The molecular weight excluding hydrogens is 306 g/mol. The highest BCUT2D eigenvalue weighted by Gasteiger charge is 2.22. The maximum absolute atomic E-state index is 12.7. The zero-order valence-electron chi connectivity index (χ0n) is 12.1. The van der Waals surface area contributed by atoms with Crippen LogP contribution in [-0.2, 0) is 10.0 Å². The fourth-order valence-corrected chi connectivity index (χ4v) is 3.92. The van der Waals surface area contributed by atoms with Gasteiger partial charge in [-0.15, -0.1) is 11.6 Å². The van der Waals surface area contributed by atoms with Gasteiger partial charge in [0.2, 0.25) is 10.0 Å². The number of benzene rings is 2. The molecule has 2 rings (SSSR count). The molecule has 0 heterocycles. The highest BCUT2D eigenvalue weighted by Crippen LogP contribution is 2.25. The second kappa shape index (κ2) is 7.25. The summed E-state index contributed by atoms with van der Waals surface area (Å²) in [6.45, 7) is 0.516. The zero-order chi connectivity index (χ0) is 15.3. The van der Waals surface area contributed by atoms with E-state index in [1.165, 1.54) is 4.31 Å². The van der Waals surface area contributed by atoms with Gasteiger partial charge in [0, 0.05) is 24.9 Å². The van der Waals surface area contributed by atoms with Gasteiger partial charge in [0.05, 0.1) is 4.90 Å². The van der Waals surface area contributed by atoms with Gasteiger partial charge in [-0.2, -0.15) is 0 Å². The second-order valence-corrected chi connectivity index (χ2v) is 7.44. The number of fused-ring (bicyclic) bond motifs is 1. The van der Waals surface area contributed by atoms with Crippen molar-refractivity contribution >= 4 is 32.4 Å². The van der Waals surface area contributed by atoms with Crippen molar-refractivity contribution in [2.75, 3.05) is 19.5 Å². The van der Waals surface area contributed by atoms with Crippen LogP contribution in [0.25, 0.3) is 10.8 Å². The number of rotatable bonds is 7. The van der Waals surface area contributed by atoms with E-state index in [2.05, 4.69) is 0 Å². The maximum Gasteiger partial charge on any atom is 0.243 e. The van der Waals surface area contributed by atoms with E-state index in [1.807, 2.05) is 30.3 Å². The van der Waals surface area contributed by atoms with E-state index >= 15 is 0 Å². The van der Waals surface area contributed by atoms with Crippen molar-refractivity contribution in [2.24, 2.45) is 0 Å². The molecule has 0 aliphatic heterocycles. The molecule has 114 valence electrons. The van der Waals surface area contributed by atoms with Crippen LogP contribution in [0.2, 0.25) is 0 Å². The lowest BCUT2D eigenvalue weighted by Crippen LogP contribution is -2.28. The van der Waals surface area contributed by atoms with Gasteiger partial charge >= 0.3 is 0 Å². The van der Waals surface area contributed by atoms with Crippen LogP contribution < -0.4 is 0 Å². The quantitative estimate of drug-likeness (QED) is 0.572. The second-order valence-electron chi connectivity index (χ2n) is 5.05. The Hall–Kier alpha value is -1.10. The number of halogens is 1. The van der Waals surface area contributed by atoms with Crippen molar-refractivity contribution in [3.63, 3.8) is 0 Å². The molecule has 0 spiro atoms. The van der Waals surface area contributed by atoms with Crippen molar-refractivity contribution < 1.29 is 8.42 Å². The topological polar surface area (TPSA) is 37.4 Å². The van der Waals surface area contributed by atoms with Crippen molar-refractivity contribution in [3.05, 3.63) is 42.5 Å². The molecule has 2 aromatic carbocycles. The van der Waals surface area contributed by atoms with Crippen LogP contribution in [0.4, 0.5) is 0 Å². The third-order valence-electron chi connectivity index (χ3n) is 3.54. The maximum atomic E-state index is 12.7. The molecule has 0 saturated heterocycles. The monoisotopic (exact) mass is 325 g/mol. The number of nitrogens with zero attached hydrogens (tertiary/aromatic N) is 1. The molecule has 0 aromatic heterocycles. The molecule has 0 aliphatic carbocycles. The summed E-state index contributed by atoms with van der Waals surface area (Å²) in [5.74, 6) is 0.625. The smallest absolute Gasteiger partial charge is 0.207 e. The molecule has 0 fully saturated rings. The Kier molecular flexibility index (Phi) is 5.62. The molecule has 0 radical (unpaired) electrons.